The lowest BCUT2D eigenvalue weighted by molar-refractivity contribution is -0.242. The minimum atomic E-state index is -0.243. The molecule has 0 aromatic rings. The lowest BCUT2D eigenvalue weighted by Crippen LogP contribution is -2.55. The van der Waals surface area contributed by atoms with E-state index < -0.39 is 0 Å². The predicted molar refractivity (Wildman–Crippen MR) is 114 cm³/mol. The molecule has 2 saturated heterocycles. The molecule has 5 fully saturated rings. The molecule has 4 aliphatic carbocycles. The lowest BCUT2D eigenvalue weighted by Gasteiger charge is -2.59. The van der Waals surface area contributed by atoms with Crippen molar-refractivity contribution in [1.29, 1.82) is 0 Å². The molecule has 3 saturated carbocycles. The molecular formula is C23H34O2S2. The maximum absolute atomic E-state index is 6.31. The summed E-state index contributed by atoms with van der Waals surface area (Å²) in [5, 5.41) is 0. The highest BCUT2D eigenvalue weighted by atomic mass is 32.2. The first-order chi connectivity index (χ1) is 13.0. The van der Waals surface area contributed by atoms with E-state index in [9.17, 15) is 0 Å². The highest BCUT2D eigenvalue weighted by molar-refractivity contribution is 8.21. The molecule has 0 unspecified atom stereocenters. The zero-order chi connectivity index (χ0) is 18.3. The quantitative estimate of drug-likeness (QED) is 0.468. The molecule has 2 nitrogen and oxygen atoms in total. The number of fused-ring (bicyclic) bond motifs is 6. The Morgan fingerprint density at radius 2 is 1.63 bits per heavy atom. The molecule has 0 bridgehead atoms. The van der Waals surface area contributed by atoms with E-state index in [1.54, 1.807) is 0 Å². The summed E-state index contributed by atoms with van der Waals surface area (Å²) < 4.78 is 13.1. The molecule has 2 spiro atoms. The smallest absolute Gasteiger partial charge is 0.174 e. The number of hydrogen-bond acceptors (Lipinski definition) is 4. The van der Waals surface area contributed by atoms with Crippen molar-refractivity contribution in [3.05, 3.63) is 11.6 Å². The first kappa shape index (κ1) is 18.2. The van der Waals surface area contributed by atoms with Crippen molar-refractivity contribution in [2.75, 3.05) is 24.7 Å². The van der Waals surface area contributed by atoms with Crippen molar-refractivity contribution in [1.82, 2.24) is 0 Å². The average Bonchev–Trinajstić information content (AvgIpc) is 3.38. The molecule has 6 aliphatic rings. The van der Waals surface area contributed by atoms with Crippen LogP contribution in [-0.4, -0.2) is 34.6 Å². The molecule has 6 rings (SSSR count). The molecular weight excluding hydrogens is 372 g/mol. The summed E-state index contributed by atoms with van der Waals surface area (Å²) in [6, 6.07) is 0. The van der Waals surface area contributed by atoms with E-state index >= 15 is 0 Å². The van der Waals surface area contributed by atoms with Crippen LogP contribution in [0.3, 0.4) is 0 Å². The van der Waals surface area contributed by atoms with Crippen LogP contribution in [0.5, 0.6) is 0 Å². The van der Waals surface area contributed by atoms with E-state index in [0.717, 1.165) is 37.4 Å². The van der Waals surface area contributed by atoms with Gasteiger partial charge in [0.25, 0.3) is 0 Å². The number of rotatable bonds is 0. The van der Waals surface area contributed by atoms with Gasteiger partial charge in [0.15, 0.2) is 5.79 Å². The van der Waals surface area contributed by atoms with Crippen molar-refractivity contribution >= 4 is 23.5 Å². The van der Waals surface area contributed by atoms with Gasteiger partial charge in [0, 0.05) is 23.3 Å². The third kappa shape index (κ3) is 2.31. The van der Waals surface area contributed by atoms with Gasteiger partial charge in [-0.1, -0.05) is 25.5 Å². The van der Waals surface area contributed by atoms with Crippen LogP contribution in [0.15, 0.2) is 11.6 Å². The number of hydrogen-bond donors (Lipinski definition) is 0. The molecule has 2 heterocycles. The zero-order valence-electron chi connectivity index (χ0n) is 16.9. The fourth-order valence-electron chi connectivity index (χ4n) is 8.27. The molecule has 150 valence electrons. The van der Waals surface area contributed by atoms with Crippen molar-refractivity contribution in [2.45, 2.75) is 75.1 Å². The Hall–Kier alpha value is 0.360. The van der Waals surface area contributed by atoms with E-state index in [0.29, 0.717) is 9.49 Å². The Balaban J connectivity index is 1.32. The first-order valence-corrected chi connectivity index (χ1v) is 13.3. The third-order valence-electron chi connectivity index (χ3n) is 9.70. The summed E-state index contributed by atoms with van der Waals surface area (Å²) in [6.45, 7) is 6.77. The number of thioether (sulfide) groups is 2. The number of ether oxygens (including phenoxy) is 2. The molecule has 0 N–H and O–H groups in total. The average molecular weight is 407 g/mol. The van der Waals surface area contributed by atoms with Gasteiger partial charge in [0.1, 0.15) is 0 Å². The van der Waals surface area contributed by atoms with Gasteiger partial charge in [-0.25, -0.2) is 0 Å². The van der Waals surface area contributed by atoms with Gasteiger partial charge in [0.2, 0.25) is 0 Å². The van der Waals surface area contributed by atoms with Gasteiger partial charge in [-0.15, -0.1) is 23.5 Å². The Bertz CT molecular complexity index is 663. The Morgan fingerprint density at radius 1 is 0.889 bits per heavy atom. The fraction of sp³-hybridized carbons (Fsp3) is 0.913. The Kier molecular flexibility index (Phi) is 4.00. The number of allylic oxidation sites excluding steroid dienone is 1. The van der Waals surface area contributed by atoms with Gasteiger partial charge < -0.3 is 9.47 Å². The summed E-state index contributed by atoms with van der Waals surface area (Å²) in [5.41, 5.74) is 2.54. The normalized spacial score (nSPS) is 49.7. The summed E-state index contributed by atoms with van der Waals surface area (Å²) >= 11 is 4.46. The predicted octanol–water partition coefficient (Wildman–Crippen LogP) is 5.87. The van der Waals surface area contributed by atoms with E-state index in [1.807, 2.05) is 5.57 Å². The molecule has 5 atom stereocenters. The summed E-state index contributed by atoms with van der Waals surface area (Å²) in [5.74, 6) is 5.03. The Morgan fingerprint density at radius 3 is 2.41 bits per heavy atom. The van der Waals surface area contributed by atoms with Crippen LogP contribution < -0.4 is 0 Å². The Labute approximate surface area is 173 Å². The largest absolute Gasteiger partial charge is 0.347 e. The van der Waals surface area contributed by atoms with E-state index in [2.05, 4.69) is 43.4 Å². The van der Waals surface area contributed by atoms with Crippen LogP contribution >= 0.6 is 23.5 Å². The van der Waals surface area contributed by atoms with Crippen LogP contribution in [0.4, 0.5) is 0 Å². The van der Waals surface area contributed by atoms with E-state index in [-0.39, 0.29) is 11.2 Å². The van der Waals surface area contributed by atoms with Gasteiger partial charge in [-0.2, -0.15) is 0 Å². The fourth-order valence-corrected chi connectivity index (χ4v) is 11.4. The molecule has 0 radical (unpaired) electrons. The summed E-state index contributed by atoms with van der Waals surface area (Å²) in [7, 11) is 0. The van der Waals surface area contributed by atoms with Crippen LogP contribution in [0, 0.1) is 28.6 Å². The second-order valence-corrected chi connectivity index (χ2v) is 13.6. The zero-order valence-corrected chi connectivity index (χ0v) is 18.6. The van der Waals surface area contributed by atoms with Crippen molar-refractivity contribution in [3.63, 3.8) is 0 Å². The van der Waals surface area contributed by atoms with Crippen LogP contribution in [-0.2, 0) is 9.47 Å². The van der Waals surface area contributed by atoms with Crippen LogP contribution in [0.1, 0.15) is 65.2 Å². The van der Waals surface area contributed by atoms with Crippen LogP contribution in [0.2, 0.25) is 0 Å². The lowest BCUT2D eigenvalue weighted by atomic mass is 9.47. The minimum absolute atomic E-state index is 0.243. The van der Waals surface area contributed by atoms with Gasteiger partial charge >= 0.3 is 0 Å². The highest BCUT2D eigenvalue weighted by Gasteiger charge is 2.67. The molecule has 27 heavy (non-hydrogen) atoms. The second-order valence-electron chi connectivity index (χ2n) is 10.5. The topological polar surface area (TPSA) is 18.5 Å². The third-order valence-corrected chi connectivity index (χ3v) is 13.1. The summed E-state index contributed by atoms with van der Waals surface area (Å²) in [6.07, 6.45) is 13.5. The maximum Gasteiger partial charge on any atom is 0.174 e. The minimum Gasteiger partial charge on any atom is -0.347 e. The van der Waals surface area contributed by atoms with Gasteiger partial charge in [0.05, 0.1) is 17.3 Å². The van der Waals surface area contributed by atoms with Crippen molar-refractivity contribution < 1.29 is 9.47 Å². The second kappa shape index (κ2) is 5.95. The molecule has 2 aliphatic heterocycles. The van der Waals surface area contributed by atoms with Gasteiger partial charge in [-0.3, -0.25) is 0 Å². The molecule has 0 amide bonds. The summed E-state index contributed by atoms with van der Waals surface area (Å²) in [4.78, 5) is 0. The maximum atomic E-state index is 6.31. The van der Waals surface area contributed by atoms with Crippen molar-refractivity contribution in [3.8, 4) is 0 Å². The monoisotopic (exact) mass is 406 g/mol. The van der Waals surface area contributed by atoms with E-state index in [4.69, 9.17) is 9.47 Å². The van der Waals surface area contributed by atoms with E-state index in [1.165, 1.54) is 56.5 Å². The SMILES string of the molecule is C[C@]12CCC3(C=C1CC[C@@H]1[C@@H]2CC[C@@]2(C)[C@H]1CCC21OCCO1)SCCS3. The first-order valence-electron chi connectivity index (χ1n) is 11.3. The van der Waals surface area contributed by atoms with Gasteiger partial charge in [-0.05, 0) is 68.1 Å². The highest BCUT2D eigenvalue weighted by Crippen LogP contribution is 2.70. The van der Waals surface area contributed by atoms with Crippen molar-refractivity contribution in [2.24, 2.45) is 28.6 Å². The standard InChI is InChI=1S/C23H34O2S2/c1-20-9-10-22(26-13-14-27-22)15-16(20)3-4-17-18(20)5-7-21(2)19(17)6-8-23(21)24-11-12-25-23/h15,17-19H,3-14H2,1-2H3/t17-,18+,19+,20+,21+/m1/s1. The molecule has 0 aromatic heterocycles. The molecule has 0 aromatic carbocycles. The van der Waals surface area contributed by atoms with Crippen LogP contribution in [0.25, 0.3) is 0 Å². The molecule has 4 heteroatoms.